The number of rotatable bonds is 2. The van der Waals surface area contributed by atoms with Crippen LogP contribution in [0.25, 0.3) is 0 Å². The first-order chi connectivity index (χ1) is 11.2. The average molecular weight is 334 g/mol. The summed E-state index contributed by atoms with van der Waals surface area (Å²) in [6.07, 6.45) is 0.289. The van der Waals surface area contributed by atoms with Crippen molar-refractivity contribution in [2.75, 3.05) is 42.8 Å². The predicted molar refractivity (Wildman–Crippen MR) is 86.9 cm³/mol. The molecule has 0 saturated carbocycles. The van der Waals surface area contributed by atoms with Crippen LogP contribution in [0, 0.1) is 5.92 Å². The van der Waals surface area contributed by atoms with E-state index in [-0.39, 0.29) is 30.9 Å². The molecule has 3 aliphatic heterocycles. The van der Waals surface area contributed by atoms with Crippen molar-refractivity contribution in [3.05, 3.63) is 18.2 Å². The zero-order valence-electron chi connectivity index (χ0n) is 12.7. The molecule has 1 aromatic carbocycles. The maximum Gasteiger partial charge on any atom is 0.231 e. The van der Waals surface area contributed by atoms with Gasteiger partial charge in [0.15, 0.2) is 11.5 Å². The van der Waals surface area contributed by atoms with Gasteiger partial charge in [-0.15, -0.1) is 0 Å². The van der Waals surface area contributed by atoms with E-state index in [0.717, 1.165) is 30.3 Å². The second-order valence-electron chi connectivity index (χ2n) is 5.88. The highest BCUT2D eigenvalue weighted by molar-refractivity contribution is 7.99. The molecule has 1 atom stereocenters. The molecule has 0 aliphatic carbocycles. The van der Waals surface area contributed by atoms with Gasteiger partial charge in [-0.25, -0.2) is 0 Å². The lowest BCUT2D eigenvalue weighted by Gasteiger charge is -2.28. The number of hydrogen-bond acceptors (Lipinski definition) is 5. The minimum atomic E-state index is -0.240. The third kappa shape index (κ3) is 2.73. The number of thioether (sulfide) groups is 1. The van der Waals surface area contributed by atoms with Gasteiger partial charge < -0.3 is 19.3 Å². The molecule has 3 aliphatic rings. The fourth-order valence-electron chi connectivity index (χ4n) is 3.22. The molecule has 0 N–H and O–H groups in total. The van der Waals surface area contributed by atoms with Crippen molar-refractivity contribution < 1.29 is 19.1 Å². The number of ether oxygens (including phenoxy) is 2. The lowest BCUT2D eigenvalue weighted by molar-refractivity contribution is -0.135. The summed E-state index contributed by atoms with van der Waals surface area (Å²) in [5.74, 6) is 3.18. The van der Waals surface area contributed by atoms with E-state index < -0.39 is 0 Å². The van der Waals surface area contributed by atoms with Gasteiger partial charge in [0, 0.05) is 49.3 Å². The SMILES string of the molecule is O=C(C1CC(=O)N(c2ccc3c(c2)OCO3)C1)N1CCSCC1. The fraction of sp³-hybridized carbons (Fsp3) is 0.500. The lowest BCUT2D eigenvalue weighted by Crippen LogP contribution is -2.42. The Morgan fingerprint density at radius 1 is 1.17 bits per heavy atom. The Balaban J connectivity index is 1.48. The number of nitrogens with zero attached hydrogens (tertiary/aromatic N) is 2. The summed E-state index contributed by atoms with van der Waals surface area (Å²) < 4.78 is 10.7. The Kier molecular flexibility index (Phi) is 3.80. The first-order valence-electron chi connectivity index (χ1n) is 7.79. The molecular formula is C16H18N2O4S. The minimum Gasteiger partial charge on any atom is -0.454 e. The summed E-state index contributed by atoms with van der Waals surface area (Å²) in [7, 11) is 0. The topological polar surface area (TPSA) is 59.1 Å². The first-order valence-corrected chi connectivity index (χ1v) is 8.94. The van der Waals surface area contributed by atoms with Crippen molar-refractivity contribution in [1.29, 1.82) is 0 Å². The predicted octanol–water partition coefficient (Wildman–Crippen LogP) is 1.34. The van der Waals surface area contributed by atoms with E-state index in [2.05, 4.69) is 0 Å². The Bertz CT molecular complexity index is 645. The van der Waals surface area contributed by atoms with Gasteiger partial charge in [-0.2, -0.15) is 11.8 Å². The number of amides is 2. The molecule has 0 aromatic heterocycles. The zero-order chi connectivity index (χ0) is 15.8. The van der Waals surface area contributed by atoms with Gasteiger partial charge in [0.25, 0.3) is 0 Å². The first kappa shape index (κ1) is 14.7. The summed E-state index contributed by atoms with van der Waals surface area (Å²) in [4.78, 5) is 28.5. The number of anilines is 1. The second kappa shape index (κ2) is 5.96. The van der Waals surface area contributed by atoms with Crippen molar-refractivity contribution >= 4 is 29.3 Å². The average Bonchev–Trinajstić information content (AvgIpc) is 3.20. The molecule has 122 valence electrons. The highest BCUT2D eigenvalue weighted by Crippen LogP contribution is 2.37. The third-order valence-electron chi connectivity index (χ3n) is 4.46. The summed E-state index contributed by atoms with van der Waals surface area (Å²) >= 11 is 1.87. The van der Waals surface area contributed by atoms with E-state index >= 15 is 0 Å². The number of fused-ring (bicyclic) bond motifs is 1. The standard InChI is InChI=1S/C16H18N2O4S/c19-15-7-11(16(20)17-3-5-23-6-4-17)9-18(15)12-1-2-13-14(8-12)22-10-21-13/h1-2,8,11H,3-7,9-10H2. The molecule has 0 spiro atoms. The van der Waals surface area contributed by atoms with E-state index in [1.807, 2.05) is 34.9 Å². The Hall–Kier alpha value is -1.89. The maximum absolute atomic E-state index is 12.6. The van der Waals surface area contributed by atoms with Gasteiger partial charge in [-0.3, -0.25) is 9.59 Å². The lowest BCUT2D eigenvalue weighted by atomic mass is 10.1. The highest BCUT2D eigenvalue weighted by Gasteiger charge is 2.37. The summed E-state index contributed by atoms with van der Waals surface area (Å²) in [5, 5.41) is 0. The van der Waals surface area contributed by atoms with Crippen molar-refractivity contribution in [1.82, 2.24) is 4.90 Å². The molecular weight excluding hydrogens is 316 g/mol. The van der Waals surface area contributed by atoms with Crippen LogP contribution >= 0.6 is 11.8 Å². The molecule has 3 heterocycles. The third-order valence-corrected chi connectivity index (χ3v) is 5.41. The number of carbonyl (C=O) groups excluding carboxylic acids is 2. The van der Waals surface area contributed by atoms with E-state index in [0.29, 0.717) is 18.0 Å². The second-order valence-corrected chi connectivity index (χ2v) is 7.11. The van der Waals surface area contributed by atoms with Crippen LogP contribution in [-0.4, -0.2) is 54.6 Å². The van der Waals surface area contributed by atoms with Gasteiger partial charge in [-0.05, 0) is 12.1 Å². The molecule has 6 nitrogen and oxygen atoms in total. The van der Waals surface area contributed by atoms with Gasteiger partial charge >= 0.3 is 0 Å². The van der Waals surface area contributed by atoms with Crippen LogP contribution in [-0.2, 0) is 9.59 Å². The molecule has 2 amide bonds. The smallest absolute Gasteiger partial charge is 0.231 e. The van der Waals surface area contributed by atoms with Gasteiger partial charge in [0.05, 0.1) is 5.92 Å². The molecule has 2 fully saturated rings. The van der Waals surface area contributed by atoms with Gasteiger partial charge in [-0.1, -0.05) is 0 Å². The molecule has 0 radical (unpaired) electrons. The normalized spacial score (nSPS) is 23.5. The summed E-state index contributed by atoms with van der Waals surface area (Å²) in [6, 6.07) is 5.46. The quantitative estimate of drug-likeness (QED) is 0.817. The Morgan fingerprint density at radius 2 is 1.96 bits per heavy atom. The molecule has 1 unspecified atom stereocenters. The van der Waals surface area contributed by atoms with Crippen molar-refractivity contribution in [3.8, 4) is 11.5 Å². The van der Waals surface area contributed by atoms with Crippen LogP contribution < -0.4 is 14.4 Å². The molecule has 23 heavy (non-hydrogen) atoms. The van der Waals surface area contributed by atoms with Crippen molar-refractivity contribution in [2.24, 2.45) is 5.92 Å². The Morgan fingerprint density at radius 3 is 2.78 bits per heavy atom. The van der Waals surface area contributed by atoms with Crippen LogP contribution in [0.4, 0.5) is 5.69 Å². The zero-order valence-corrected chi connectivity index (χ0v) is 13.5. The van der Waals surface area contributed by atoms with Crippen LogP contribution in [0.2, 0.25) is 0 Å². The minimum absolute atomic E-state index is 0.00593. The molecule has 4 rings (SSSR count). The Labute approximate surface area is 138 Å². The summed E-state index contributed by atoms with van der Waals surface area (Å²) in [5.41, 5.74) is 0.767. The van der Waals surface area contributed by atoms with Gasteiger partial charge in [0.2, 0.25) is 18.6 Å². The molecule has 2 saturated heterocycles. The molecule has 1 aromatic rings. The van der Waals surface area contributed by atoms with Crippen LogP contribution in [0.15, 0.2) is 18.2 Å². The fourth-order valence-corrected chi connectivity index (χ4v) is 4.12. The van der Waals surface area contributed by atoms with Crippen LogP contribution in [0.3, 0.4) is 0 Å². The largest absolute Gasteiger partial charge is 0.454 e. The van der Waals surface area contributed by atoms with E-state index in [9.17, 15) is 9.59 Å². The van der Waals surface area contributed by atoms with E-state index in [4.69, 9.17) is 9.47 Å². The number of carbonyl (C=O) groups is 2. The summed E-state index contributed by atoms with van der Waals surface area (Å²) in [6.45, 7) is 2.23. The van der Waals surface area contributed by atoms with E-state index in [1.54, 1.807) is 4.90 Å². The molecule has 0 bridgehead atoms. The van der Waals surface area contributed by atoms with Crippen LogP contribution in [0.1, 0.15) is 6.42 Å². The molecule has 7 heteroatoms. The highest BCUT2D eigenvalue weighted by atomic mass is 32.2. The van der Waals surface area contributed by atoms with Crippen molar-refractivity contribution in [2.45, 2.75) is 6.42 Å². The monoisotopic (exact) mass is 334 g/mol. The van der Waals surface area contributed by atoms with E-state index in [1.165, 1.54) is 0 Å². The maximum atomic E-state index is 12.6. The number of benzene rings is 1. The van der Waals surface area contributed by atoms with Crippen LogP contribution in [0.5, 0.6) is 11.5 Å². The van der Waals surface area contributed by atoms with Crippen molar-refractivity contribution in [3.63, 3.8) is 0 Å². The van der Waals surface area contributed by atoms with Gasteiger partial charge in [0.1, 0.15) is 0 Å². The number of hydrogen-bond donors (Lipinski definition) is 0.